The summed E-state index contributed by atoms with van der Waals surface area (Å²) < 4.78 is 6.91. The number of rotatable bonds is 3. The highest BCUT2D eigenvalue weighted by Crippen LogP contribution is 2.03. The first-order valence-corrected chi connectivity index (χ1v) is 4.73. The molecule has 0 atom stereocenters. The van der Waals surface area contributed by atoms with Crippen molar-refractivity contribution in [1.29, 1.82) is 0 Å². The lowest BCUT2D eigenvalue weighted by molar-refractivity contribution is 0.183. The Morgan fingerprint density at radius 1 is 1.38 bits per heavy atom. The van der Waals surface area contributed by atoms with Crippen LogP contribution in [0.25, 0.3) is 0 Å². The molecule has 0 fully saturated rings. The number of methoxy groups -OCH3 is 1. The maximum atomic E-state index is 4.95. The first-order valence-electron chi connectivity index (χ1n) is 4.73. The smallest absolute Gasteiger partial charge is 0.0658 e. The van der Waals surface area contributed by atoms with Crippen LogP contribution in [0.3, 0.4) is 0 Å². The number of ether oxygens (including phenoxy) is 1. The van der Waals surface area contributed by atoms with Crippen molar-refractivity contribution in [2.24, 2.45) is 0 Å². The Morgan fingerprint density at radius 3 is 2.38 bits per heavy atom. The molecule has 0 unspecified atom stereocenters. The summed E-state index contributed by atoms with van der Waals surface area (Å²) >= 11 is 0. The molecular formula is C10H20N2O. The molecule has 3 heteroatoms. The summed E-state index contributed by atoms with van der Waals surface area (Å²) in [6.45, 7) is 9.70. The van der Waals surface area contributed by atoms with Crippen molar-refractivity contribution in [3.63, 3.8) is 0 Å². The Bertz CT molecular complexity index is 231. The van der Waals surface area contributed by atoms with E-state index in [-0.39, 0.29) is 0 Å². The summed E-state index contributed by atoms with van der Waals surface area (Å²) in [7, 11) is 1.70. The Kier molecular flexibility index (Phi) is 6.24. The number of aromatic nitrogens is 2. The quantitative estimate of drug-likeness (QED) is 0.720. The van der Waals surface area contributed by atoms with Crippen molar-refractivity contribution in [2.75, 3.05) is 13.7 Å². The van der Waals surface area contributed by atoms with E-state index in [1.54, 1.807) is 7.11 Å². The third kappa shape index (κ3) is 3.59. The van der Waals surface area contributed by atoms with Crippen molar-refractivity contribution < 1.29 is 4.74 Å². The highest BCUT2D eigenvalue weighted by molar-refractivity contribution is 5.12. The molecule has 0 aromatic carbocycles. The van der Waals surface area contributed by atoms with Gasteiger partial charge in [0.15, 0.2) is 0 Å². The van der Waals surface area contributed by atoms with E-state index in [0.717, 1.165) is 13.2 Å². The zero-order valence-corrected chi connectivity index (χ0v) is 9.29. The molecule has 0 aliphatic carbocycles. The van der Waals surface area contributed by atoms with Crippen LogP contribution in [-0.4, -0.2) is 23.5 Å². The molecule has 1 heterocycles. The monoisotopic (exact) mass is 184 g/mol. The Hall–Kier alpha value is -0.830. The molecule has 1 aromatic rings. The molecule has 0 N–H and O–H groups in total. The minimum Gasteiger partial charge on any atom is -0.383 e. The topological polar surface area (TPSA) is 27.1 Å². The molecule has 13 heavy (non-hydrogen) atoms. The molecule has 3 nitrogen and oxygen atoms in total. The van der Waals surface area contributed by atoms with Crippen LogP contribution in [0.2, 0.25) is 0 Å². The lowest BCUT2D eigenvalue weighted by Crippen LogP contribution is -2.07. The number of hydrogen-bond donors (Lipinski definition) is 0. The average Bonchev–Trinajstić information content (AvgIpc) is 2.48. The molecule has 0 radical (unpaired) electrons. The summed E-state index contributed by atoms with van der Waals surface area (Å²) in [6, 6.07) is 0. The zero-order chi connectivity index (χ0) is 10.3. The minimum atomic E-state index is 0.724. The predicted octanol–water partition coefficient (Wildman–Crippen LogP) is 2.17. The van der Waals surface area contributed by atoms with Crippen LogP contribution in [0.15, 0.2) is 6.20 Å². The largest absolute Gasteiger partial charge is 0.383 e. The standard InChI is InChI=1S/C8H14N2O.C2H6/c1-7-6-9-10(8(7)2)4-5-11-3;1-2/h6H,4-5H2,1-3H3;1-2H3. The number of hydrogen-bond acceptors (Lipinski definition) is 2. The normalized spacial score (nSPS) is 9.31. The molecule has 1 rings (SSSR count). The molecule has 0 aliphatic heterocycles. The summed E-state index contributed by atoms with van der Waals surface area (Å²) in [5.74, 6) is 0. The second-order valence-corrected chi connectivity index (χ2v) is 2.63. The average molecular weight is 184 g/mol. The van der Waals surface area contributed by atoms with Crippen molar-refractivity contribution in [1.82, 2.24) is 9.78 Å². The van der Waals surface area contributed by atoms with Crippen molar-refractivity contribution in [3.05, 3.63) is 17.5 Å². The second kappa shape index (κ2) is 6.66. The molecule has 0 amide bonds. The zero-order valence-electron chi connectivity index (χ0n) is 9.29. The second-order valence-electron chi connectivity index (χ2n) is 2.63. The van der Waals surface area contributed by atoms with Crippen LogP contribution in [-0.2, 0) is 11.3 Å². The van der Waals surface area contributed by atoms with Gasteiger partial charge in [-0.25, -0.2) is 0 Å². The minimum absolute atomic E-state index is 0.724. The van der Waals surface area contributed by atoms with Gasteiger partial charge in [-0.3, -0.25) is 4.68 Å². The van der Waals surface area contributed by atoms with Crippen molar-refractivity contribution in [2.45, 2.75) is 34.2 Å². The Balaban J connectivity index is 0.000000671. The van der Waals surface area contributed by atoms with Gasteiger partial charge >= 0.3 is 0 Å². The van der Waals surface area contributed by atoms with E-state index in [9.17, 15) is 0 Å². The molecule has 1 aromatic heterocycles. The van der Waals surface area contributed by atoms with Gasteiger partial charge in [-0.1, -0.05) is 13.8 Å². The number of aryl methyl sites for hydroxylation is 1. The Labute approximate surface area is 80.7 Å². The van der Waals surface area contributed by atoms with Gasteiger partial charge in [0.2, 0.25) is 0 Å². The van der Waals surface area contributed by atoms with E-state index in [2.05, 4.69) is 18.9 Å². The van der Waals surface area contributed by atoms with Gasteiger partial charge in [0.1, 0.15) is 0 Å². The summed E-state index contributed by atoms with van der Waals surface area (Å²) in [4.78, 5) is 0. The van der Waals surface area contributed by atoms with Crippen LogP contribution >= 0.6 is 0 Å². The third-order valence-corrected chi connectivity index (χ3v) is 1.86. The molecular weight excluding hydrogens is 164 g/mol. The first kappa shape index (κ1) is 12.2. The van der Waals surface area contributed by atoms with Crippen LogP contribution < -0.4 is 0 Å². The van der Waals surface area contributed by atoms with E-state index in [1.807, 2.05) is 24.7 Å². The van der Waals surface area contributed by atoms with Crippen LogP contribution in [0.1, 0.15) is 25.1 Å². The van der Waals surface area contributed by atoms with Crippen LogP contribution in [0, 0.1) is 13.8 Å². The Morgan fingerprint density at radius 2 is 2.00 bits per heavy atom. The van der Waals surface area contributed by atoms with Gasteiger partial charge in [-0.05, 0) is 19.4 Å². The summed E-state index contributed by atoms with van der Waals surface area (Å²) in [5.41, 5.74) is 2.46. The lowest BCUT2D eigenvalue weighted by atomic mass is 10.3. The maximum Gasteiger partial charge on any atom is 0.0658 e. The van der Waals surface area contributed by atoms with E-state index in [1.165, 1.54) is 11.3 Å². The van der Waals surface area contributed by atoms with E-state index >= 15 is 0 Å². The van der Waals surface area contributed by atoms with Crippen molar-refractivity contribution >= 4 is 0 Å². The highest BCUT2D eigenvalue weighted by atomic mass is 16.5. The van der Waals surface area contributed by atoms with E-state index in [0.29, 0.717) is 0 Å². The predicted molar refractivity (Wildman–Crippen MR) is 54.9 cm³/mol. The fourth-order valence-corrected chi connectivity index (χ4v) is 0.943. The van der Waals surface area contributed by atoms with Gasteiger partial charge in [0, 0.05) is 12.8 Å². The van der Waals surface area contributed by atoms with Crippen LogP contribution in [0.5, 0.6) is 0 Å². The van der Waals surface area contributed by atoms with E-state index < -0.39 is 0 Å². The van der Waals surface area contributed by atoms with Gasteiger partial charge in [-0.15, -0.1) is 0 Å². The fourth-order valence-electron chi connectivity index (χ4n) is 0.943. The highest BCUT2D eigenvalue weighted by Gasteiger charge is 1.99. The summed E-state index contributed by atoms with van der Waals surface area (Å²) in [6.07, 6.45) is 1.88. The first-order chi connectivity index (χ1) is 6.25. The molecule has 0 spiro atoms. The van der Waals surface area contributed by atoms with Gasteiger partial charge < -0.3 is 4.74 Å². The van der Waals surface area contributed by atoms with E-state index in [4.69, 9.17) is 4.74 Å². The lowest BCUT2D eigenvalue weighted by Gasteiger charge is -2.02. The van der Waals surface area contributed by atoms with Crippen LogP contribution in [0.4, 0.5) is 0 Å². The van der Waals surface area contributed by atoms with Gasteiger partial charge in [0.25, 0.3) is 0 Å². The molecule has 0 saturated carbocycles. The molecule has 76 valence electrons. The van der Waals surface area contributed by atoms with Gasteiger partial charge in [-0.2, -0.15) is 5.10 Å². The maximum absolute atomic E-state index is 4.95. The number of nitrogens with zero attached hydrogens (tertiary/aromatic N) is 2. The third-order valence-electron chi connectivity index (χ3n) is 1.86. The fraction of sp³-hybridized carbons (Fsp3) is 0.700. The molecule has 0 saturated heterocycles. The SMILES string of the molecule is CC.COCCn1ncc(C)c1C. The van der Waals surface area contributed by atoms with Crippen molar-refractivity contribution in [3.8, 4) is 0 Å². The molecule has 0 aliphatic rings. The molecule has 0 bridgehead atoms. The summed E-state index contributed by atoms with van der Waals surface area (Å²) in [5, 5.41) is 4.19. The van der Waals surface area contributed by atoms with Gasteiger partial charge in [0.05, 0.1) is 19.3 Å².